The van der Waals surface area contributed by atoms with Gasteiger partial charge in [-0.05, 0) is 36.8 Å². The SMILES string of the molecule is COCOc1ccc2c(C)c(-c3ccc(OC)c(OC)c3OC)c(=O)oc2c1. The summed E-state index contributed by atoms with van der Waals surface area (Å²) in [6.07, 6.45) is 0. The van der Waals surface area contributed by atoms with E-state index in [1.165, 1.54) is 28.4 Å². The minimum absolute atomic E-state index is 0.107. The molecule has 7 heteroatoms. The highest BCUT2D eigenvalue weighted by atomic mass is 16.7. The molecule has 0 unspecified atom stereocenters. The van der Waals surface area contributed by atoms with Gasteiger partial charge in [0.1, 0.15) is 11.3 Å². The highest BCUT2D eigenvalue weighted by Gasteiger charge is 2.22. The number of rotatable bonds is 7. The third kappa shape index (κ3) is 3.36. The van der Waals surface area contributed by atoms with E-state index in [2.05, 4.69) is 0 Å². The number of fused-ring (bicyclic) bond motifs is 1. The molecule has 0 saturated carbocycles. The molecule has 7 nitrogen and oxygen atoms in total. The van der Waals surface area contributed by atoms with Crippen molar-refractivity contribution in [3.8, 4) is 34.1 Å². The first-order valence-electron chi connectivity index (χ1n) is 8.54. The van der Waals surface area contributed by atoms with Crippen molar-refractivity contribution in [3.63, 3.8) is 0 Å². The zero-order valence-electron chi connectivity index (χ0n) is 16.5. The van der Waals surface area contributed by atoms with E-state index in [1.807, 2.05) is 13.0 Å². The van der Waals surface area contributed by atoms with E-state index in [0.29, 0.717) is 39.7 Å². The summed E-state index contributed by atoms with van der Waals surface area (Å²) in [5, 5.41) is 0.788. The first-order valence-corrected chi connectivity index (χ1v) is 8.54. The molecular weight excluding hydrogens is 364 g/mol. The van der Waals surface area contributed by atoms with Gasteiger partial charge in [-0.3, -0.25) is 0 Å². The molecule has 2 aromatic carbocycles. The van der Waals surface area contributed by atoms with Crippen LogP contribution in [0.25, 0.3) is 22.1 Å². The minimum atomic E-state index is -0.487. The Balaban J connectivity index is 2.23. The van der Waals surface area contributed by atoms with Crippen LogP contribution in [0.1, 0.15) is 5.56 Å². The van der Waals surface area contributed by atoms with E-state index in [1.54, 1.807) is 24.3 Å². The molecular formula is C21H22O7. The van der Waals surface area contributed by atoms with Crippen molar-refractivity contribution in [2.45, 2.75) is 6.92 Å². The molecule has 3 rings (SSSR count). The third-order valence-electron chi connectivity index (χ3n) is 4.46. The number of aryl methyl sites for hydroxylation is 1. The van der Waals surface area contributed by atoms with Gasteiger partial charge < -0.3 is 28.1 Å². The Morgan fingerprint density at radius 1 is 0.929 bits per heavy atom. The van der Waals surface area contributed by atoms with E-state index in [9.17, 15) is 4.79 Å². The van der Waals surface area contributed by atoms with Gasteiger partial charge in [0.15, 0.2) is 18.3 Å². The second kappa shape index (κ2) is 8.22. The van der Waals surface area contributed by atoms with Gasteiger partial charge in [-0.2, -0.15) is 0 Å². The van der Waals surface area contributed by atoms with Gasteiger partial charge in [-0.1, -0.05) is 0 Å². The molecule has 0 radical (unpaired) electrons. The maximum absolute atomic E-state index is 12.8. The lowest BCUT2D eigenvalue weighted by Gasteiger charge is -2.17. The van der Waals surface area contributed by atoms with Gasteiger partial charge >= 0.3 is 5.63 Å². The summed E-state index contributed by atoms with van der Waals surface area (Å²) in [4.78, 5) is 12.8. The monoisotopic (exact) mass is 386 g/mol. The Hall–Kier alpha value is -3.19. The number of ether oxygens (including phenoxy) is 5. The fourth-order valence-electron chi connectivity index (χ4n) is 3.16. The minimum Gasteiger partial charge on any atom is -0.493 e. The highest BCUT2D eigenvalue weighted by Crippen LogP contribution is 2.44. The molecule has 28 heavy (non-hydrogen) atoms. The third-order valence-corrected chi connectivity index (χ3v) is 4.46. The Labute approximate surface area is 162 Å². The summed E-state index contributed by atoms with van der Waals surface area (Å²) in [7, 11) is 6.10. The Morgan fingerprint density at radius 3 is 2.32 bits per heavy atom. The number of hydrogen-bond acceptors (Lipinski definition) is 7. The lowest BCUT2D eigenvalue weighted by atomic mass is 9.98. The molecule has 3 aromatic rings. The predicted octanol–water partition coefficient (Wildman–Crippen LogP) is 3.78. The molecule has 0 aliphatic heterocycles. The Morgan fingerprint density at radius 2 is 1.68 bits per heavy atom. The van der Waals surface area contributed by atoms with Crippen LogP contribution < -0.4 is 24.6 Å². The molecule has 0 spiro atoms. The van der Waals surface area contributed by atoms with E-state index >= 15 is 0 Å². The van der Waals surface area contributed by atoms with Crippen LogP contribution in [0.15, 0.2) is 39.5 Å². The van der Waals surface area contributed by atoms with Crippen LogP contribution in [-0.4, -0.2) is 35.2 Å². The van der Waals surface area contributed by atoms with Gasteiger partial charge in [-0.15, -0.1) is 0 Å². The standard InChI is InChI=1S/C21H22O7/c1-12-14-7-6-13(27-11-23-2)10-17(14)28-21(22)18(12)15-8-9-16(24-3)20(26-5)19(15)25-4/h6-10H,11H2,1-5H3. The lowest BCUT2D eigenvalue weighted by molar-refractivity contribution is 0.0512. The Bertz CT molecular complexity index is 1050. The largest absolute Gasteiger partial charge is 0.493 e. The molecule has 148 valence electrons. The number of hydrogen-bond donors (Lipinski definition) is 0. The average Bonchev–Trinajstić information content (AvgIpc) is 2.71. The van der Waals surface area contributed by atoms with Crippen LogP contribution in [0.5, 0.6) is 23.0 Å². The van der Waals surface area contributed by atoms with Crippen LogP contribution in [0.2, 0.25) is 0 Å². The summed E-state index contributed by atoms with van der Waals surface area (Å²) >= 11 is 0. The summed E-state index contributed by atoms with van der Waals surface area (Å²) in [5.74, 6) is 1.86. The Kier molecular flexibility index (Phi) is 5.75. The van der Waals surface area contributed by atoms with Crippen molar-refractivity contribution in [1.29, 1.82) is 0 Å². The lowest BCUT2D eigenvalue weighted by Crippen LogP contribution is -2.08. The van der Waals surface area contributed by atoms with Crippen molar-refractivity contribution in [2.24, 2.45) is 0 Å². The van der Waals surface area contributed by atoms with Gasteiger partial charge in [0.05, 0.1) is 26.9 Å². The van der Waals surface area contributed by atoms with Crippen LogP contribution in [0, 0.1) is 6.92 Å². The smallest absolute Gasteiger partial charge is 0.344 e. The van der Waals surface area contributed by atoms with Gasteiger partial charge in [0.25, 0.3) is 0 Å². The molecule has 0 aliphatic carbocycles. The summed E-state index contributed by atoms with van der Waals surface area (Å²) in [5.41, 5.74) is 1.66. The molecule has 1 aromatic heterocycles. The van der Waals surface area contributed by atoms with Gasteiger partial charge in [-0.25, -0.2) is 4.79 Å². The van der Waals surface area contributed by atoms with E-state index in [4.69, 9.17) is 28.1 Å². The first kappa shape index (κ1) is 19.6. The zero-order chi connectivity index (χ0) is 20.3. The van der Waals surface area contributed by atoms with Gasteiger partial charge in [0, 0.05) is 24.1 Å². The second-order valence-electron chi connectivity index (χ2n) is 5.98. The summed E-state index contributed by atoms with van der Waals surface area (Å²) in [6, 6.07) is 8.78. The molecule has 0 saturated heterocycles. The van der Waals surface area contributed by atoms with E-state index < -0.39 is 5.63 Å². The second-order valence-corrected chi connectivity index (χ2v) is 5.98. The average molecular weight is 386 g/mol. The molecule has 1 heterocycles. The van der Waals surface area contributed by atoms with Crippen LogP contribution >= 0.6 is 0 Å². The van der Waals surface area contributed by atoms with E-state index in [-0.39, 0.29) is 6.79 Å². The van der Waals surface area contributed by atoms with Crippen molar-refractivity contribution in [2.75, 3.05) is 35.2 Å². The first-order chi connectivity index (χ1) is 13.5. The fraction of sp³-hybridized carbons (Fsp3) is 0.286. The van der Waals surface area contributed by atoms with Crippen LogP contribution in [0.4, 0.5) is 0 Å². The summed E-state index contributed by atoms with van der Waals surface area (Å²) in [6.45, 7) is 1.97. The quantitative estimate of drug-likeness (QED) is 0.452. The zero-order valence-corrected chi connectivity index (χ0v) is 16.5. The van der Waals surface area contributed by atoms with Crippen LogP contribution in [0.3, 0.4) is 0 Å². The normalized spacial score (nSPS) is 10.8. The predicted molar refractivity (Wildman–Crippen MR) is 105 cm³/mol. The molecule has 0 aliphatic rings. The summed E-state index contributed by atoms with van der Waals surface area (Å²) < 4.78 is 32.2. The topological polar surface area (TPSA) is 76.4 Å². The molecule has 0 atom stereocenters. The van der Waals surface area contributed by atoms with Crippen molar-refractivity contribution in [3.05, 3.63) is 46.3 Å². The number of benzene rings is 2. The van der Waals surface area contributed by atoms with Crippen molar-refractivity contribution in [1.82, 2.24) is 0 Å². The highest BCUT2D eigenvalue weighted by molar-refractivity contribution is 5.89. The maximum atomic E-state index is 12.8. The molecule has 0 N–H and O–H groups in total. The van der Waals surface area contributed by atoms with Crippen molar-refractivity contribution < 1.29 is 28.1 Å². The fourth-order valence-corrected chi connectivity index (χ4v) is 3.16. The van der Waals surface area contributed by atoms with Crippen LogP contribution in [-0.2, 0) is 4.74 Å². The van der Waals surface area contributed by atoms with Gasteiger partial charge in [0.2, 0.25) is 5.75 Å². The molecule has 0 amide bonds. The molecule has 0 bridgehead atoms. The van der Waals surface area contributed by atoms with E-state index in [0.717, 1.165) is 10.9 Å². The number of methoxy groups -OCH3 is 4. The van der Waals surface area contributed by atoms with Crippen molar-refractivity contribution >= 4 is 11.0 Å². The maximum Gasteiger partial charge on any atom is 0.344 e. The molecule has 0 fully saturated rings.